The molecule has 2 aliphatic heterocycles. The normalized spacial score (nSPS) is 26.6. The summed E-state index contributed by atoms with van der Waals surface area (Å²) in [6, 6.07) is 8.51. The van der Waals surface area contributed by atoms with Gasteiger partial charge in [0.15, 0.2) is 5.96 Å². The molecule has 2 atom stereocenters. The highest BCUT2D eigenvalue weighted by molar-refractivity contribution is 7.99. The van der Waals surface area contributed by atoms with Gasteiger partial charge in [0.1, 0.15) is 5.75 Å². The average Bonchev–Trinajstić information content (AvgIpc) is 3.33. The van der Waals surface area contributed by atoms with Crippen molar-refractivity contribution in [3.8, 4) is 5.75 Å². The van der Waals surface area contributed by atoms with Crippen molar-refractivity contribution in [1.82, 2.24) is 15.1 Å². The van der Waals surface area contributed by atoms with E-state index in [1.807, 2.05) is 7.05 Å². The third-order valence-corrected chi connectivity index (χ3v) is 7.13. The van der Waals surface area contributed by atoms with Gasteiger partial charge in [0.05, 0.1) is 7.11 Å². The fourth-order valence-corrected chi connectivity index (χ4v) is 5.48. The standard InChI is InChI=1S/C20H32N4OS/c1-21-19(22-14-20(23(2)3)10-12-26-15-20)24-11-9-17(13-24)16-5-7-18(25-4)8-6-16/h5-8,17H,9-15H2,1-4H3,(H,21,22). The van der Waals surface area contributed by atoms with Crippen LogP contribution in [0.4, 0.5) is 0 Å². The number of benzene rings is 1. The highest BCUT2D eigenvalue weighted by atomic mass is 32.2. The molecule has 5 nitrogen and oxygen atoms in total. The molecule has 1 aromatic rings. The van der Waals surface area contributed by atoms with Crippen LogP contribution in [0, 0.1) is 0 Å². The Balaban J connectivity index is 1.59. The van der Waals surface area contributed by atoms with Crippen LogP contribution in [0.15, 0.2) is 29.3 Å². The van der Waals surface area contributed by atoms with Crippen molar-refractivity contribution in [3.05, 3.63) is 29.8 Å². The third kappa shape index (κ3) is 4.12. The molecule has 0 aliphatic carbocycles. The van der Waals surface area contributed by atoms with Crippen molar-refractivity contribution in [1.29, 1.82) is 0 Å². The summed E-state index contributed by atoms with van der Waals surface area (Å²) in [5.41, 5.74) is 1.64. The molecule has 2 unspecified atom stereocenters. The minimum absolute atomic E-state index is 0.246. The molecule has 0 bridgehead atoms. The van der Waals surface area contributed by atoms with E-state index in [1.165, 1.54) is 29.9 Å². The van der Waals surface area contributed by atoms with Crippen LogP contribution in [0.2, 0.25) is 0 Å². The molecule has 0 aromatic heterocycles. The molecule has 2 heterocycles. The Labute approximate surface area is 162 Å². The maximum Gasteiger partial charge on any atom is 0.193 e. The zero-order chi connectivity index (χ0) is 18.6. The number of rotatable bonds is 5. The van der Waals surface area contributed by atoms with Gasteiger partial charge in [-0.25, -0.2) is 0 Å². The number of thioether (sulfide) groups is 1. The number of aliphatic imine (C=N–C) groups is 1. The molecule has 26 heavy (non-hydrogen) atoms. The number of likely N-dealkylation sites (N-methyl/N-ethyl adjacent to an activating group) is 1. The fraction of sp³-hybridized carbons (Fsp3) is 0.650. The van der Waals surface area contributed by atoms with E-state index in [0.29, 0.717) is 5.92 Å². The summed E-state index contributed by atoms with van der Waals surface area (Å²) < 4.78 is 5.27. The van der Waals surface area contributed by atoms with Gasteiger partial charge in [0.2, 0.25) is 0 Å². The summed E-state index contributed by atoms with van der Waals surface area (Å²) in [6.45, 7) is 3.04. The van der Waals surface area contributed by atoms with Crippen molar-refractivity contribution in [2.75, 3.05) is 59.4 Å². The molecule has 0 spiro atoms. The van der Waals surface area contributed by atoms with E-state index >= 15 is 0 Å². The molecule has 0 saturated carbocycles. The van der Waals surface area contributed by atoms with E-state index < -0.39 is 0 Å². The van der Waals surface area contributed by atoms with Gasteiger partial charge >= 0.3 is 0 Å². The minimum atomic E-state index is 0.246. The lowest BCUT2D eigenvalue weighted by atomic mass is 9.97. The Morgan fingerprint density at radius 1 is 1.38 bits per heavy atom. The van der Waals surface area contributed by atoms with Crippen molar-refractivity contribution < 1.29 is 4.74 Å². The Morgan fingerprint density at radius 3 is 2.73 bits per heavy atom. The van der Waals surface area contributed by atoms with Crippen LogP contribution in [0.25, 0.3) is 0 Å². The lowest BCUT2D eigenvalue weighted by molar-refractivity contribution is 0.181. The van der Waals surface area contributed by atoms with E-state index in [0.717, 1.165) is 31.3 Å². The second kappa shape index (κ2) is 8.53. The second-order valence-corrected chi connectivity index (χ2v) is 8.63. The number of ether oxygens (including phenoxy) is 1. The smallest absolute Gasteiger partial charge is 0.193 e. The van der Waals surface area contributed by atoms with Gasteiger partial charge in [-0.2, -0.15) is 11.8 Å². The van der Waals surface area contributed by atoms with Gasteiger partial charge < -0.3 is 19.9 Å². The van der Waals surface area contributed by atoms with Gasteiger partial charge in [0.25, 0.3) is 0 Å². The summed E-state index contributed by atoms with van der Waals surface area (Å²) in [5, 5.41) is 3.67. The van der Waals surface area contributed by atoms with E-state index in [9.17, 15) is 0 Å². The minimum Gasteiger partial charge on any atom is -0.497 e. The SMILES string of the molecule is CN=C(NCC1(N(C)C)CCSC1)N1CCC(c2ccc(OC)cc2)C1. The molecule has 3 rings (SSSR count). The molecule has 2 saturated heterocycles. The quantitative estimate of drug-likeness (QED) is 0.632. The van der Waals surface area contributed by atoms with Gasteiger partial charge in [-0.1, -0.05) is 12.1 Å². The second-order valence-electron chi connectivity index (χ2n) is 7.53. The van der Waals surface area contributed by atoms with Gasteiger partial charge in [-0.15, -0.1) is 0 Å². The highest BCUT2D eigenvalue weighted by Crippen LogP contribution is 2.32. The van der Waals surface area contributed by atoms with Crippen molar-refractivity contribution in [3.63, 3.8) is 0 Å². The number of nitrogens with zero attached hydrogens (tertiary/aromatic N) is 3. The van der Waals surface area contributed by atoms with Gasteiger partial charge in [0, 0.05) is 43.9 Å². The van der Waals surface area contributed by atoms with Crippen molar-refractivity contribution in [2.24, 2.45) is 4.99 Å². The summed E-state index contributed by atoms with van der Waals surface area (Å²) in [5.74, 6) is 4.97. The maximum absolute atomic E-state index is 5.27. The molecule has 0 radical (unpaired) electrons. The molecule has 1 N–H and O–H groups in total. The van der Waals surface area contributed by atoms with Gasteiger partial charge in [-0.05, 0) is 50.4 Å². The third-order valence-electron chi connectivity index (χ3n) is 5.89. The Kier molecular flexibility index (Phi) is 6.35. The first-order valence-electron chi connectivity index (χ1n) is 9.43. The van der Waals surface area contributed by atoms with Crippen LogP contribution in [0.1, 0.15) is 24.3 Å². The number of methoxy groups -OCH3 is 1. The van der Waals surface area contributed by atoms with E-state index in [2.05, 4.69) is 70.2 Å². The molecule has 0 amide bonds. The first-order valence-corrected chi connectivity index (χ1v) is 10.6. The lowest BCUT2D eigenvalue weighted by Crippen LogP contribution is -2.55. The number of hydrogen-bond acceptors (Lipinski definition) is 4. The molecule has 6 heteroatoms. The molecule has 144 valence electrons. The predicted octanol–water partition coefficient (Wildman–Crippen LogP) is 2.50. The summed E-state index contributed by atoms with van der Waals surface area (Å²) in [4.78, 5) is 9.35. The molecular weight excluding hydrogens is 344 g/mol. The summed E-state index contributed by atoms with van der Waals surface area (Å²) in [6.07, 6.45) is 2.41. The highest BCUT2D eigenvalue weighted by Gasteiger charge is 2.37. The Morgan fingerprint density at radius 2 is 2.15 bits per heavy atom. The van der Waals surface area contributed by atoms with Crippen LogP contribution >= 0.6 is 11.8 Å². The van der Waals surface area contributed by atoms with Crippen LogP contribution in [-0.4, -0.2) is 80.7 Å². The Hall–Kier alpha value is -1.40. The van der Waals surface area contributed by atoms with E-state index in [4.69, 9.17) is 4.74 Å². The van der Waals surface area contributed by atoms with Crippen molar-refractivity contribution in [2.45, 2.75) is 24.3 Å². The van der Waals surface area contributed by atoms with Crippen LogP contribution in [0.3, 0.4) is 0 Å². The number of nitrogens with one attached hydrogen (secondary N) is 1. The van der Waals surface area contributed by atoms with Crippen LogP contribution in [0.5, 0.6) is 5.75 Å². The lowest BCUT2D eigenvalue weighted by Gasteiger charge is -2.37. The monoisotopic (exact) mass is 376 g/mol. The molecule has 2 fully saturated rings. The van der Waals surface area contributed by atoms with Gasteiger partial charge in [-0.3, -0.25) is 4.99 Å². The Bertz CT molecular complexity index is 611. The topological polar surface area (TPSA) is 40.1 Å². The molecule has 1 aromatic carbocycles. The average molecular weight is 377 g/mol. The maximum atomic E-state index is 5.27. The predicted molar refractivity (Wildman–Crippen MR) is 112 cm³/mol. The largest absolute Gasteiger partial charge is 0.497 e. The fourth-order valence-electron chi connectivity index (χ4n) is 3.92. The van der Waals surface area contributed by atoms with Crippen molar-refractivity contribution >= 4 is 17.7 Å². The first-order chi connectivity index (χ1) is 12.6. The zero-order valence-corrected chi connectivity index (χ0v) is 17.3. The number of hydrogen-bond donors (Lipinski definition) is 1. The summed E-state index contributed by atoms with van der Waals surface area (Å²) >= 11 is 2.06. The molecular formula is C20H32N4OS. The van der Waals surface area contributed by atoms with Crippen LogP contribution < -0.4 is 10.1 Å². The van der Waals surface area contributed by atoms with E-state index in [1.54, 1.807) is 7.11 Å². The zero-order valence-electron chi connectivity index (χ0n) is 16.5. The molecule has 2 aliphatic rings. The first kappa shape index (κ1) is 19.4. The van der Waals surface area contributed by atoms with E-state index in [-0.39, 0.29) is 5.54 Å². The number of guanidine groups is 1. The van der Waals surface area contributed by atoms with Crippen LogP contribution in [-0.2, 0) is 0 Å². The summed E-state index contributed by atoms with van der Waals surface area (Å²) in [7, 11) is 8.01. The number of likely N-dealkylation sites (tertiary alicyclic amines) is 1.